The Morgan fingerprint density at radius 1 is 1.21 bits per heavy atom. The molecule has 0 spiro atoms. The molecule has 0 radical (unpaired) electrons. The van der Waals surface area contributed by atoms with Crippen molar-refractivity contribution < 1.29 is 4.74 Å². The smallest absolute Gasteiger partial charge is 0.0750 e. The van der Waals surface area contributed by atoms with E-state index < -0.39 is 0 Å². The zero-order valence-electron chi connectivity index (χ0n) is 11.9. The third-order valence-electron chi connectivity index (χ3n) is 3.12. The summed E-state index contributed by atoms with van der Waals surface area (Å²) in [7, 11) is 0. The third kappa shape index (κ3) is 4.01. The molecule has 1 N–H and O–H groups in total. The first-order valence-corrected chi connectivity index (χ1v) is 6.78. The molecular weight excluding hydrogens is 236 g/mol. The van der Waals surface area contributed by atoms with Gasteiger partial charge < -0.3 is 10.1 Å². The van der Waals surface area contributed by atoms with Crippen LogP contribution in [0.3, 0.4) is 0 Å². The number of nitrogens with zero attached hydrogens (tertiary/aromatic N) is 1. The first-order chi connectivity index (χ1) is 9.11. The van der Waals surface area contributed by atoms with Crippen LogP contribution < -0.4 is 5.32 Å². The normalized spacial score (nSPS) is 11.9. The molecule has 0 saturated heterocycles. The standard InChI is InChI=1S/C16H22N2O/c1-4-19-16(2,3)12-18-10-13-5-6-15-11-17-8-7-14(15)9-13/h5-9,11,18H,4,10,12H2,1-3H3. The SMILES string of the molecule is CCOC(C)(C)CNCc1ccc2cnccc2c1. The van der Waals surface area contributed by atoms with E-state index in [4.69, 9.17) is 4.74 Å². The van der Waals surface area contributed by atoms with Crippen LogP contribution in [0, 0.1) is 0 Å². The minimum Gasteiger partial charge on any atom is -0.375 e. The van der Waals surface area contributed by atoms with Crippen LogP contribution in [-0.4, -0.2) is 23.7 Å². The van der Waals surface area contributed by atoms with E-state index in [9.17, 15) is 0 Å². The number of benzene rings is 1. The van der Waals surface area contributed by atoms with Gasteiger partial charge in [-0.05, 0) is 43.9 Å². The fraction of sp³-hybridized carbons (Fsp3) is 0.438. The van der Waals surface area contributed by atoms with Gasteiger partial charge in [0.1, 0.15) is 0 Å². The first-order valence-electron chi connectivity index (χ1n) is 6.78. The minimum atomic E-state index is -0.116. The molecule has 1 aromatic carbocycles. The molecule has 0 saturated carbocycles. The molecule has 2 rings (SSSR count). The van der Waals surface area contributed by atoms with E-state index in [1.807, 2.05) is 25.4 Å². The van der Waals surface area contributed by atoms with Gasteiger partial charge in [-0.2, -0.15) is 0 Å². The van der Waals surface area contributed by atoms with Gasteiger partial charge in [-0.25, -0.2) is 0 Å². The highest BCUT2D eigenvalue weighted by Gasteiger charge is 2.16. The van der Waals surface area contributed by atoms with Crippen molar-refractivity contribution >= 4 is 10.8 Å². The molecule has 19 heavy (non-hydrogen) atoms. The molecule has 0 bridgehead atoms. The maximum Gasteiger partial charge on any atom is 0.0750 e. The van der Waals surface area contributed by atoms with Gasteiger partial charge in [0, 0.05) is 37.5 Å². The predicted molar refractivity (Wildman–Crippen MR) is 79.2 cm³/mol. The van der Waals surface area contributed by atoms with Gasteiger partial charge in [0.25, 0.3) is 0 Å². The molecule has 0 aliphatic carbocycles. The van der Waals surface area contributed by atoms with E-state index in [1.165, 1.54) is 16.3 Å². The monoisotopic (exact) mass is 258 g/mol. The molecule has 3 heteroatoms. The number of pyridine rings is 1. The van der Waals surface area contributed by atoms with Gasteiger partial charge in [-0.15, -0.1) is 0 Å². The van der Waals surface area contributed by atoms with E-state index >= 15 is 0 Å². The van der Waals surface area contributed by atoms with Gasteiger partial charge >= 0.3 is 0 Å². The van der Waals surface area contributed by atoms with Crippen molar-refractivity contribution in [1.82, 2.24) is 10.3 Å². The van der Waals surface area contributed by atoms with Crippen molar-refractivity contribution in [2.45, 2.75) is 32.9 Å². The lowest BCUT2D eigenvalue weighted by molar-refractivity contribution is -0.00897. The van der Waals surface area contributed by atoms with Gasteiger partial charge in [0.15, 0.2) is 0 Å². The van der Waals surface area contributed by atoms with Crippen molar-refractivity contribution in [1.29, 1.82) is 0 Å². The lowest BCUT2D eigenvalue weighted by Gasteiger charge is -2.25. The van der Waals surface area contributed by atoms with Crippen LogP contribution in [0.15, 0.2) is 36.7 Å². The number of aromatic nitrogens is 1. The molecule has 1 aromatic heterocycles. The van der Waals surface area contributed by atoms with Crippen molar-refractivity contribution in [3.05, 3.63) is 42.2 Å². The van der Waals surface area contributed by atoms with Crippen LogP contribution in [0.5, 0.6) is 0 Å². The summed E-state index contributed by atoms with van der Waals surface area (Å²) in [6.45, 7) is 8.69. The Balaban J connectivity index is 1.95. The second kappa shape index (κ2) is 6.13. The zero-order chi connectivity index (χ0) is 13.7. The molecule has 2 aromatic rings. The molecule has 0 aliphatic rings. The molecule has 0 amide bonds. The summed E-state index contributed by atoms with van der Waals surface area (Å²) >= 11 is 0. The minimum absolute atomic E-state index is 0.116. The Hall–Kier alpha value is -1.45. The van der Waals surface area contributed by atoms with Gasteiger partial charge in [-0.1, -0.05) is 12.1 Å². The average Bonchev–Trinajstić information content (AvgIpc) is 2.38. The number of rotatable bonds is 6. The quantitative estimate of drug-likeness (QED) is 0.864. The predicted octanol–water partition coefficient (Wildman–Crippen LogP) is 3.14. The van der Waals surface area contributed by atoms with E-state index in [0.29, 0.717) is 0 Å². The summed E-state index contributed by atoms with van der Waals surface area (Å²) in [6.07, 6.45) is 3.72. The largest absolute Gasteiger partial charge is 0.375 e. The topological polar surface area (TPSA) is 34.1 Å². The van der Waals surface area contributed by atoms with E-state index in [0.717, 1.165) is 19.7 Å². The van der Waals surface area contributed by atoms with Crippen LogP contribution in [-0.2, 0) is 11.3 Å². The first kappa shape index (κ1) is 14.0. The Morgan fingerprint density at radius 2 is 2.05 bits per heavy atom. The number of ether oxygens (including phenoxy) is 1. The Labute approximate surface area is 115 Å². The number of nitrogens with one attached hydrogen (secondary N) is 1. The summed E-state index contributed by atoms with van der Waals surface area (Å²) < 4.78 is 5.67. The molecule has 102 valence electrons. The van der Waals surface area contributed by atoms with Crippen LogP contribution in [0.1, 0.15) is 26.3 Å². The fourth-order valence-electron chi connectivity index (χ4n) is 2.19. The van der Waals surface area contributed by atoms with Gasteiger partial charge in [0.2, 0.25) is 0 Å². The summed E-state index contributed by atoms with van der Waals surface area (Å²) in [5, 5.41) is 5.87. The molecular formula is C16H22N2O. The second-order valence-corrected chi connectivity index (χ2v) is 5.35. The summed E-state index contributed by atoms with van der Waals surface area (Å²) in [4.78, 5) is 4.13. The molecule has 0 aliphatic heterocycles. The Morgan fingerprint density at radius 3 is 2.84 bits per heavy atom. The molecule has 0 atom stereocenters. The highest BCUT2D eigenvalue weighted by Crippen LogP contribution is 2.14. The fourth-order valence-corrected chi connectivity index (χ4v) is 2.19. The molecule has 1 heterocycles. The highest BCUT2D eigenvalue weighted by atomic mass is 16.5. The summed E-state index contributed by atoms with van der Waals surface area (Å²) in [5.74, 6) is 0. The van der Waals surface area contributed by atoms with Crippen molar-refractivity contribution in [3.8, 4) is 0 Å². The van der Waals surface area contributed by atoms with Crippen molar-refractivity contribution in [3.63, 3.8) is 0 Å². The number of hydrogen-bond donors (Lipinski definition) is 1. The van der Waals surface area contributed by atoms with Gasteiger partial charge in [0.05, 0.1) is 5.60 Å². The summed E-state index contributed by atoms with van der Waals surface area (Å²) in [5.41, 5.74) is 1.17. The van der Waals surface area contributed by atoms with Crippen LogP contribution >= 0.6 is 0 Å². The summed E-state index contributed by atoms with van der Waals surface area (Å²) in [6, 6.07) is 8.51. The lowest BCUT2D eigenvalue weighted by Crippen LogP contribution is -2.37. The molecule has 3 nitrogen and oxygen atoms in total. The third-order valence-corrected chi connectivity index (χ3v) is 3.12. The molecule has 0 unspecified atom stereocenters. The number of hydrogen-bond acceptors (Lipinski definition) is 3. The van der Waals surface area contributed by atoms with Crippen molar-refractivity contribution in [2.75, 3.05) is 13.2 Å². The van der Waals surface area contributed by atoms with Crippen LogP contribution in [0.2, 0.25) is 0 Å². The number of fused-ring (bicyclic) bond motifs is 1. The van der Waals surface area contributed by atoms with Crippen LogP contribution in [0.4, 0.5) is 0 Å². The Kier molecular flexibility index (Phi) is 4.51. The highest BCUT2D eigenvalue weighted by molar-refractivity contribution is 5.81. The zero-order valence-corrected chi connectivity index (χ0v) is 11.9. The van der Waals surface area contributed by atoms with Gasteiger partial charge in [-0.3, -0.25) is 4.98 Å². The van der Waals surface area contributed by atoms with E-state index in [1.54, 1.807) is 0 Å². The maximum atomic E-state index is 5.67. The van der Waals surface area contributed by atoms with E-state index in [-0.39, 0.29) is 5.60 Å². The van der Waals surface area contributed by atoms with Crippen molar-refractivity contribution in [2.24, 2.45) is 0 Å². The lowest BCUT2D eigenvalue weighted by atomic mass is 10.1. The van der Waals surface area contributed by atoms with E-state index in [2.05, 4.69) is 42.3 Å². The molecule has 0 fully saturated rings. The average molecular weight is 258 g/mol. The van der Waals surface area contributed by atoms with Crippen LogP contribution in [0.25, 0.3) is 10.8 Å². The maximum absolute atomic E-state index is 5.67. The second-order valence-electron chi connectivity index (χ2n) is 5.35. The Bertz CT molecular complexity index is 537.